The van der Waals surface area contributed by atoms with Crippen LogP contribution in [0.2, 0.25) is 0 Å². The van der Waals surface area contributed by atoms with Crippen molar-refractivity contribution in [1.29, 1.82) is 0 Å². The van der Waals surface area contributed by atoms with Gasteiger partial charge < -0.3 is 87.9 Å². The van der Waals surface area contributed by atoms with E-state index < -0.39 is 35.7 Å². The standard InChI is InChI=1S/C72H93N9O20/c1-47(2)68(78-65(83)16-21-92-23-25-94-27-29-96-31-33-98-35-36-99-34-32-97-30-28-95-26-24-93-22-17-73-64(82)15-18-79-66(84)13-14-67(79)85)70(87)76-48(3)69(86)77-53-11-9-50(10-12-53)52-38-55-44-75-59-42-63(61(91-5)40-57(59)72(89)81(55)46-52)101-20-6-19-100-62-41-58-56(39-60(62)90-4)71(88)80-45-51(49-7-8-49)37-54(80)43-74-58/h9-14,39-49,54-55,68H,6-8,15-38H2,1-5H3,(H,73,82)(H,76,87)(H,77,86)(H,78,83)/t48-,54-,55-,68?/m0/s1. The van der Waals surface area contributed by atoms with Crippen LogP contribution in [-0.4, -0.2) is 245 Å². The summed E-state index contributed by atoms with van der Waals surface area (Å²) in [6.07, 6.45) is 14.0. The van der Waals surface area contributed by atoms with Crippen LogP contribution in [0.1, 0.15) is 92.0 Å². The van der Waals surface area contributed by atoms with Gasteiger partial charge in [0.15, 0.2) is 23.0 Å². The number of rotatable bonds is 46. The molecule has 0 spiro atoms. The first kappa shape index (κ1) is 76.2. The molecule has 1 saturated carbocycles. The molecule has 1 unspecified atom stereocenters. The molecule has 1 aliphatic carbocycles. The fourth-order valence-electron chi connectivity index (χ4n) is 11.3. The maximum absolute atomic E-state index is 14.1. The van der Waals surface area contributed by atoms with Crippen LogP contribution < -0.4 is 40.2 Å². The van der Waals surface area contributed by atoms with Crippen LogP contribution in [0.15, 0.2) is 88.6 Å². The molecule has 0 aromatic heterocycles. The van der Waals surface area contributed by atoms with Gasteiger partial charge in [-0.15, -0.1) is 0 Å². The van der Waals surface area contributed by atoms with E-state index in [0.717, 1.165) is 22.5 Å². The van der Waals surface area contributed by atoms with E-state index in [4.69, 9.17) is 66.8 Å². The van der Waals surface area contributed by atoms with E-state index in [9.17, 15) is 38.4 Å². The predicted molar refractivity (Wildman–Crippen MR) is 370 cm³/mol. The first-order valence-electron chi connectivity index (χ1n) is 34.4. The van der Waals surface area contributed by atoms with Gasteiger partial charge in [0.1, 0.15) is 12.1 Å². The summed E-state index contributed by atoms with van der Waals surface area (Å²) in [6, 6.07) is 11.7. The van der Waals surface area contributed by atoms with E-state index in [1.807, 2.05) is 30.7 Å². The Kier molecular flexibility index (Phi) is 29.7. The van der Waals surface area contributed by atoms with Crippen molar-refractivity contribution in [2.24, 2.45) is 21.8 Å². The topological polar surface area (TPSA) is 330 Å². The van der Waals surface area contributed by atoms with Gasteiger partial charge in [-0.1, -0.05) is 26.0 Å². The summed E-state index contributed by atoms with van der Waals surface area (Å²) in [6.45, 7) is 11.7. The van der Waals surface area contributed by atoms with Gasteiger partial charge in [-0.2, -0.15) is 0 Å². The zero-order valence-electron chi connectivity index (χ0n) is 58.0. The highest BCUT2D eigenvalue weighted by Crippen LogP contribution is 2.45. The molecule has 6 aliphatic rings. The highest BCUT2D eigenvalue weighted by atomic mass is 16.6. The number of aliphatic imine (C=N–C) groups is 2. The van der Waals surface area contributed by atoms with Crippen molar-refractivity contribution in [3.63, 3.8) is 0 Å². The second-order valence-electron chi connectivity index (χ2n) is 24.7. The van der Waals surface area contributed by atoms with E-state index in [2.05, 4.69) is 21.3 Å². The number of anilines is 1. The van der Waals surface area contributed by atoms with Crippen molar-refractivity contribution in [2.75, 3.05) is 152 Å². The van der Waals surface area contributed by atoms with Crippen molar-refractivity contribution in [3.05, 3.63) is 95.3 Å². The number of carbonyl (C=O) groups is 8. The van der Waals surface area contributed by atoms with Crippen molar-refractivity contribution in [2.45, 2.75) is 89.9 Å². The van der Waals surface area contributed by atoms with Gasteiger partial charge in [-0.3, -0.25) is 53.2 Å². The summed E-state index contributed by atoms with van der Waals surface area (Å²) >= 11 is 0. The number of hydrogen-bond acceptors (Lipinski definition) is 22. The molecular formula is C72H93N9O20. The minimum absolute atomic E-state index is 0.0148. The molecule has 546 valence electrons. The van der Waals surface area contributed by atoms with E-state index in [1.165, 1.54) is 44.8 Å². The monoisotopic (exact) mass is 1400 g/mol. The molecule has 29 nitrogen and oxygen atoms in total. The van der Waals surface area contributed by atoms with Gasteiger partial charge in [0, 0.05) is 93.6 Å². The molecule has 101 heavy (non-hydrogen) atoms. The molecule has 4 atom stereocenters. The Labute approximate surface area is 587 Å². The molecule has 3 aromatic carbocycles. The number of carbonyl (C=O) groups excluding carboxylic acids is 8. The first-order chi connectivity index (χ1) is 49.1. The smallest absolute Gasteiger partial charge is 0.260 e. The van der Waals surface area contributed by atoms with E-state index in [1.54, 1.807) is 73.2 Å². The molecule has 1 fully saturated rings. The Morgan fingerprint density at radius 1 is 0.535 bits per heavy atom. The fourth-order valence-corrected chi connectivity index (χ4v) is 11.3. The Morgan fingerprint density at radius 2 is 1.02 bits per heavy atom. The summed E-state index contributed by atoms with van der Waals surface area (Å²) in [4.78, 5) is 116. The number of benzene rings is 3. The minimum Gasteiger partial charge on any atom is -0.493 e. The lowest BCUT2D eigenvalue weighted by Crippen LogP contribution is -2.53. The zero-order chi connectivity index (χ0) is 71.5. The Morgan fingerprint density at radius 3 is 1.51 bits per heavy atom. The third-order valence-corrected chi connectivity index (χ3v) is 17.0. The third-order valence-electron chi connectivity index (χ3n) is 17.0. The van der Waals surface area contributed by atoms with E-state index in [-0.39, 0.29) is 87.4 Å². The van der Waals surface area contributed by atoms with E-state index in [0.29, 0.717) is 169 Å². The number of hydrogen-bond donors (Lipinski definition) is 4. The molecule has 0 saturated heterocycles. The van der Waals surface area contributed by atoms with Crippen LogP contribution in [0.25, 0.3) is 5.57 Å². The highest BCUT2D eigenvalue weighted by molar-refractivity contribution is 6.13. The Balaban J connectivity index is 0.570. The van der Waals surface area contributed by atoms with Gasteiger partial charge in [0.25, 0.3) is 23.6 Å². The van der Waals surface area contributed by atoms with Gasteiger partial charge >= 0.3 is 0 Å². The number of imide groups is 1. The average molecular weight is 1400 g/mol. The maximum atomic E-state index is 14.1. The number of ether oxygens (including phenoxy) is 12. The highest BCUT2D eigenvalue weighted by Gasteiger charge is 2.39. The molecule has 3 aromatic rings. The number of fused-ring (bicyclic) bond motifs is 4. The number of nitrogens with one attached hydrogen (secondary N) is 4. The first-order valence-corrected chi connectivity index (χ1v) is 34.4. The van der Waals surface area contributed by atoms with Crippen molar-refractivity contribution >= 4 is 82.3 Å². The van der Waals surface area contributed by atoms with Crippen LogP contribution >= 0.6 is 0 Å². The SMILES string of the molecule is COc1cc2c(cc1OCCCOc1cc3c(cc1OC)C(=O)N1C=C(C4CC4)C[C@H]1C=N3)N=C[C@@H]1CC(c3ccc(NC(=O)[C@H](C)NC(=O)C(NC(=O)CCOCCOCCOCCOCCOCCOCCOCCOCCNC(=O)CCN4C(=O)C=CC4=O)C(C)C)cc3)=CN1C2=O. The normalized spacial score (nSPS) is 17.2. The zero-order valence-corrected chi connectivity index (χ0v) is 58.0. The molecule has 8 amide bonds. The lowest BCUT2D eigenvalue weighted by atomic mass is 10.0. The maximum Gasteiger partial charge on any atom is 0.260 e. The van der Waals surface area contributed by atoms with Crippen molar-refractivity contribution < 1.29 is 95.2 Å². The van der Waals surface area contributed by atoms with Crippen LogP contribution in [0.4, 0.5) is 17.1 Å². The summed E-state index contributed by atoms with van der Waals surface area (Å²) in [7, 11) is 3.05. The number of amides is 8. The second kappa shape index (κ2) is 39.3. The third kappa shape index (κ3) is 22.8. The Hall–Kier alpha value is -8.94. The minimum atomic E-state index is -0.938. The van der Waals surface area contributed by atoms with Gasteiger partial charge in [-0.25, -0.2) is 0 Å². The molecule has 9 rings (SSSR count). The average Bonchev–Trinajstić information content (AvgIpc) is 1.65. The summed E-state index contributed by atoms with van der Waals surface area (Å²) < 4.78 is 67.7. The Bertz CT molecular complexity index is 3500. The number of methoxy groups -OCH3 is 2. The summed E-state index contributed by atoms with van der Waals surface area (Å²) in [5.74, 6) is -0.819. The summed E-state index contributed by atoms with van der Waals surface area (Å²) in [5, 5.41) is 11.0. The second-order valence-corrected chi connectivity index (χ2v) is 24.7. The van der Waals surface area contributed by atoms with Gasteiger partial charge in [0.2, 0.25) is 23.6 Å². The fraction of sp³-hybridized carbons (Fsp3) is 0.528. The van der Waals surface area contributed by atoms with Crippen LogP contribution in [0.3, 0.4) is 0 Å². The lowest BCUT2D eigenvalue weighted by molar-refractivity contribution is -0.137. The van der Waals surface area contributed by atoms with E-state index >= 15 is 0 Å². The van der Waals surface area contributed by atoms with Crippen molar-refractivity contribution in [1.82, 2.24) is 30.7 Å². The molecule has 29 heteroatoms. The van der Waals surface area contributed by atoms with Gasteiger partial charge in [-0.05, 0) is 79.0 Å². The molecular weight excluding hydrogens is 1310 g/mol. The predicted octanol–water partition coefficient (Wildman–Crippen LogP) is 5.29. The largest absolute Gasteiger partial charge is 0.493 e. The molecule has 4 N–H and O–H groups in total. The van der Waals surface area contributed by atoms with Crippen LogP contribution in [0.5, 0.6) is 23.0 Å². The molecule has 5 aliphatic heterocycles. The molecule has 0 radical (unpaired) electrons. The number of nitrogens with zero attached hydrogens (tertiary/aromatic N) is 5. The summed E-state index contributed by atoms with van der Waals surface area (Å²) in [5.41, 5.74) is 5.33. The molecule has 5 heterocycles. The van der Waals surface area contributed by atoms with Crippen LogP contribution in [-0.2, 0) is 66.7 Å². The van der Waals surface area contributed by atoms with Crippen molar-refractivity contribution in [3.8, 4) is 23.0 Å². The van der Waals surface area contributed by atoms with Gasteiger partial charge in [0.05, 0.1) is 168 Å². The lowest BCUT2D eigenvalue weighted by Gasteiger charge is -2.24. The van der Waals surface area contributed by atoms with Crippen LogP contribution in [0, 0.1) is 11.8 Å². The molecule has 0 bridgehead atoms. The quantitative estimate of drug-likeness (QED) is 0.0412.